The molecule has 2 aromatic carbocycles. The molecule has 27 heavy (non-hydrogen) atoms. The van der Waals surface area contributed by atoms with Gasteiger partial charge >= 0.3 is 0 Å². The summed E-state index contributed by atoms with van der Waals surface area (Å²) in [6.07, 6.45) is 1.42. The molecule has 2 amide bonds. The maximum atomic E-state index is 12.4. The van der Waals surface area contributed by atoms with Crippen molar-refractivity contribution < 1.29 is 18.7 Å². The van der Waals surface area contributed by atoms with Crippen molar-refractivity contribution in [3.8, 4) is 5.75 Å². The third-order valence-corrected chi connectivity index (χ3v) is 4.13. The van der Waals surface area contributed by atoms with Crippen LogP contribution in [0.1, 0.15) is 26.5 Å². The Labute approximate surface area is 161 Å². The minimum absolute atomic E-state index is 0.184. The van der Waals surface area contributed by atoms with Crippen LogP contribution >= 0.6 is 11.6 Å². The molecule has 0 fully saturated rings. The van der Waals surface area contributed by atoms with Gasteiger partial charge in [-0.3, -0.25) is 9.59 Å². The van der Waals surface area contributed by atoms with Crippen molar-refractivity contribution in [2.24, 2.45) is 0 Å². The third kappa shape index (κ3) is 4.30. The number of anilines is 2. The number of aryl methyl sites for hydroxylation is 1. The summed E-state index contributed by atoms with van der Waals surface area (Å²) in [5.41, 5.74) is 2.29. The molecule has 0 unspecified atom stereocenters. The van der Waals surface area contributed by atoms with E-state index in [-0.39, 0.29) is 11.7 Å². The van der Waals surface area contributed by atoms with Crippen LogP contribution in [-0.2, 0) is 0 Å². The number of furan rings is 1. The van der Waals surface area contributed by atoms with Crippen molar-refractivity contribution in [1.82, 2.24) is 0 Å². The van der Waals surface area contributed by atoms with E-state index >= 15 is 0 Å². The molecule has 1 aromatic heterocycles. The number of rotatable bonds is 5. The summed E-state index contributed by atoms with van der Waals surface area (Å²) in [6, 6.07) is 13.3. The number of halogens is 1. The average molecular weight is 385 g/mol. The minimum Gasteiger partial charge on any atom is -0.494 e. The van der Waals surface area contributed by atoms with Gasteiger partial charge in [-0.2, -0.15) is 0 Å². The van der Waals surface area contributed by atoms with Crippen molar-refractivity contribution in [3.05, 3.63) is 76.7 Å². The van der Waals surface area contributed by atoms with E-state index in [2.05, 4.69) is 10.6 Å². The molecule has 0 aliphatic carbocycles. The molecule has 0 atom stereocenters. The fraction of sp³-hybridized carbons (Fsp3) is 0.100. The van der Waals surface area contributed by atoms with Gasteiger partial charge in [0.25, 0.3) is 11.8 Å². The molecule has 0 bridgehead atoms. The first kappa shape index (κ1) is 18.5. The average Bonchev–Trinajstić information content (AvgIpc) is 3.17. The monoisotopic (exact) mass is 384 g/mol. The number of nitrogens with one attached hydrogen (secondary N) is 2. The van der Waals surface area contributed by atoms with Gasteiger partial charge in [-0.15, -0.1) is 0 Å². The van der Waals surface area contributed by atoms with Crippen LogP contribution in [0, 0.1) is 6.92 Å². The summed E-state index contributed by atoms with van der Waals surface area (Å²) in [5.74, 6) is -0.165. The SMILES string of the molecule is COc1cc(NC(=O)c2ccc(C)cc2Cl)ccc1NC(=O)c1ccco1. The van der Waals surface area contributed by atoms with Crippen molar-refractivity contribution in [3.63, 3.8) is 0 Å². The van der Waals surface area contributed by atoms with Gasteiger partial charge in [0.2, 0.25) is 0 Å². The highest BCUT2D eigenvalue weighted by Gasteiger charge is 2.15. The summed E-state index contributed by atoms with van der Waals surface area (Å²) in [5, 5.41) is 5.84. The standard InChI is InChI=1S/C20H17ClN2O4/c1-12-5-7-14(15(21)10-12)19(24)22-13-6-8-16(18(11-13)26-2)23-20(25)17-4-3-9-27-17/h3-11H,1-2H3,(H,22,24)(H,23,25). The Hall–Kier alpha value is -3.25. The summed E-state index contributed by atoms with van der Waals surface area (Å²) < 4.78 is 10.4. The number of ether oxygens (including phenoxy) is 1. The normalized spacial score (nSPS) is 10.3. The van der Waals surface area contributed by atoms with Gasteiger partial charge in [0.15, 0.2) is 5.76 Å². The molecule has 0 radical (unpaired) electrons. The summed E-state index contributed by atoms with van der Waals surface area (Å²) in [4.78, 5) is 24.6. The predicted octanol–water partition coefficient (Wildman–Crippen LogP) is 4.75. The van der Waals surface area contributed by atoms with Crippen LogP contribution in [0.15, 0.2) is 59.2 Å². The van der Waals surface area contributed by atoms with Gasteiger partial charge in [-0.05, 0) is 48.9 Å². The molecule has 0 spiro atoms. The van der Waals surface area contributed by atoms with Crippen LogP contribution in [0.4, 0.5) is 11.4 Å². The number of carbonyl (C=O) groups is 2. The quantitative estimate of drug-likeness (QED) is 0.664. The molecular formula is C20H17ClN2O4. The Balaban J connectivity index is 1.77. The van der Waals surface area contributed by atoms with E-state index in [1.807, 2.05) is 13.0 Å². The first-order chi connectivity index (χ1) is 13.0. The zero-order valence-corrected chi connectivity index (χ0v) is 15.5. The van der Waals surface area contributed by atoms with Crippen LogP contribution in [0.2, 0.25) is 5.02 Å². The van der Waals surface area contributed by atoms with E-state index in [1.54, 1.807) is 42.5 Å². The van der Waals surface area contributed by atoms with Crippen LogP contribution in [0.3, 0.4) is 0 Å². The number of hydrogen-bond acceptors (Lipinski definition) is 4. The molecule has 0 aliphatic heterocycles. The maximum Gasteiger partial charge on any atom is 0.291 e. The number of amides is 2. The smallest absolute Gasteiger partial charge is 0.291 e. The number of hydrogen-bond donors (Lipinski definition) is 2. The molecule has 138 valence electrons. The topological polar surface area (TPSA) is 80.6 Å². The highest BCUT2D eigenvalue weighted by molar-refractivity contribution is 6.34. The lowest BCUT2D eigenvalue weighted by atomic mass is 10.1. The Kier molecular flexibility index (Phi) is 5.47. The van der Waals surface area contributed by atoms with Crippen molar-refractivity contribution >= 4 is 34.8 Å². The lowest BCUT2D eigenvalue weighted by Crippen LogP contribution is -2.14. The van der Waals surface area contributed by atoms with E-state index < -0.39 is 5.91 Å². The first-order valence-electron chi connectivity index (χ1n) is 8.08. The second kappa shape index (κ2) is 7.97. The van der Waals surface area contributed by atoms with Gasteiger partial charge in [0.05, 0.1) is 29.6 Å². The zero-order chi connectivity index (χ0) is 19.4. The van der Waals surface area contributed by atoms with E-state index in [0.717, 1.165) is 5.56 Å². The molecule has 0 aliphatic rings. The maximum absolute atomic E-state index is 12.4. The third-order valence-electron chi connectivity index (χ3n) is 3.82. The fourth-order valence-electron chi connectivity index (χ4n) is 2.47. The lowest BCUT2D eigenvalue weighted by Gasteiger charge is -2.12. The molecule has 3 rings (SSSR count). The fourth-order valence-corrected chi connectivity index (χ4v) is 2.79. The number of methoxy groups -OCH3 is 1. The van der Waals surface area contributed by atoms with Gasteiger partial charge in [0, 0.05) is 11.8 Å². The van der Waals surface area contributed by atoms with E-state index in [1.165, 1.54) is 13.4 Å². The molecule has 3 aromatic rings. The van der Waals surface area contributed by atoms with Gasteiger partial charge in [-0.25, -0.2) is 0 Å². The second-order valence-electron chi connectivity index (χ2n) is 5.78. The van der Waals surface area contributed by atoms with E-state index in [0.29, 0.717) is 27.7 Å². The zero-order valence-electron chi connectivity index (χ0n) is 14.7. The van der Waals surface area contributed by atoms with Gasteiger partial charge in [0.1, 0.15) is 5.75 Å². The Morgan fingerprint density at radius 3 is 2.52 bits per heavy atom. The van der Waals surface area contributed by atoms with Crippen molar-refractivity contribution in [1.29, 1.82) is 0 Å². The van der Waals surface area contributed by atoms with Crippen LogP contribution in [-0.4, -0.2) is 18.9 Å². The molecule has 1 heterocycles. The minimum atomic E-state index is -0.401. The molecule has 2 N–H and O–H groups in total. The largest absolute Gasteiger partial charge is 0.494 e. The van der Waals surface area contributed by atoms with Gasteiger partial charge in [-0.1, -0.05) is 17.7 Å². The molecule has 0 saturated heterocycles. The Bertz CT molecular complexity index is 984. The summed E-state index contributed by atoms with van der Waals surface area (Å²) in [7, 11) is 1.47. The molecule has 0 saturated carbocycles. The Morgan fingerprint density at radius 1 is 1.04 bits per heavy atom. The highest BCUT2D eigenvalue weighted by atomic mass is 35.5. The van der Waals surface area contributed by atoms with Crippen LogP contribution in [0.25, 0.3) is 0 Å². The molecule has 6 nitrogen and oxygen atoms in total. The lowest BCUT2D eigenvalue weighted by molar-refractivity contribution is 0.0994. The second-order valence-corrected chi connectivity index (χ2v) is 6.19. The van der Waals surface area contributed by atoms with E-state index in [4.69, 9.17) is 20.8 Å². The molecular weight excluding hydrogens is 368 g/mol. The Morgan fingerprint density at radius 2 is 1.85 bits per heavy atom. The summed E-state index contributed by atoms with van der Waals surface area (Å²) in [6.45, 7) is 1.90. The summed E-state index contributed by atoms with van der Waals surface area (Å²) >= 11 is 6.14. The van der Waals surface area contributed by atoms with Crippen molar-refractivity contribution in [2.45, 2.75) is 6.92 Å². The van der Waals surface area contributed by atoms with Crippen molar-refractivity contribution in [2.75, 3.05) is 17.7 Å². The van der Waals surface area contributed by atoms with Crippen LogP contribution in [0.5, 0.6) is 5.75 Å². The van der Waals surface area contributed by atoms with Crippen LogP contribution < -0.4 is 15.4 Å². The van der Waals surface area contributed by atoms with Gasteiger partial charge < -0.3 is 19.8 Å². The number of benzene rings is 2. The van der Waals surface area contributed by atoms with E-state index in [9.17, 15) is 9.59 Å². The predicted molar refractivity (Wildman–Crippen MR) is 104 cm³/mol. The number of carbonyl (C=O) groups excluding carboxylic acids is 2. The first-order valence-corrected chi connectivity index (χ1v) is 8.46. The highest BCUT2D eigenvalue weighted by Crippen LogP contribution is 2.29. The molecule has 7 heteroatoms.